The van der Waals surface area contributed by atoms with E-state index in [0.29, 0.717) is 24.6 Å². The second-order valence-electron chi connectivity index (χ2n) is 12.1. The normalized spacial score (nSPS) is 20.2. The maximum absolute atomic E-state index is 13.4. The lowest BCUT2D eigenvalue weighted by Crippen LogP contribution is -2.49. The molecule has 0 radical (unpaired) electrons. The molecule has 2 saturated heterocycles. The Morgan fingerprint density at radius 1 is 1.00 bits per heavy atom. The summed E-state index contributed by atoms with van der Waals surface area (Å²) >= 11 is 0. The van der Waals surface area contributed by atoms with Crippen LogP contribution in [0.25, 0.3) is 0 Å². The Labute approximate surface area is 259 Å². The Bertz CT molecular complexity index is 1540. The van der Waals surface area contributed by atoms with Gasteiger partial charge in [0.25, 0.3) is 5.69 Å². The first-order chi connectivity index (χ1) is 21.1. The number of nitrogens with zero attached hydrogens (tertiary/aromatic N) is 4. The molecule has 234 valence electrons. The molecule has 10 nitrogen and oxygen atoms in total. The minimum Gasteiger partial charge on any atom is -0.445 e. The van der Waals surface area contributed by atoms with E-state index >= 15 is 0 Å². The molecule has 3 aromatic rings. The van der Waals surface area contributed by atoms with Gasteiger partial charge >= 0.3 is 6.09 Å². The van der Waals surface area contributed by atoms with Gasteiger partial charge in [0.15, 0.2) is 0 Å². The lowest BCUT2D eigenvalue weighted by Gasteiger charge is -2.40. The summed E-state index contributed by atoms with van der Waals surface area (Å²) in [6, 6.07) is 24.8. The molecule has 11 heteroatoms. The summed E-state index contributed by atoms with van der Waals surface area (Å²) in [6.45, 7) is 5.75. The highest BCUT2D eigenvalue weighted by Gasteiger charge is 2.42. The maximum Gasteiger partial charge on any atom is 0.410 e. The quantitative estimate of drug-likeness (QED) is 0.211. The standard InChI is InChI=1S/C33H40N4O6S/c1-33(28-9-5-3-6-10-28,25-34(2)44(41,42)30-11-7-4-8-12-30)19-22-35-20-18-31-27(23-35)17-21-36(31)32(38)43-24-26-13-15-29(16-14-26)37(39)40/h3-16,27,31H,17-25H2,1-2H3/t27?,31?,33-/m1/s1. The number of nitro groups is 1. The number of sulfonamides is 1. The average molecular weight is 621 g/mol. The zero-order valence-corrected chi connectivity index (χ0v) is 26.1. The van der Waals surface area contributed by atoms with Crippen LogP contribution in [0.2, 0.25) is 0 Å². The third-order valence-corrected chi connectivity index (χ3v) is 11.0. The highest BCUT2D eigenvalue weighted by Crippen LogP contribution is 2.35. The van der Waals surface area contributed by atoms with Crippen molar-refractivity contribution in [2.75, 3.05) is 39.8 Å². The monoisotopic (exact) mass is 620 g/mol. The molecule has 0 aliphatic carbocycles. The van der Waals surface area contributed by atoms with Gasteiger partial charge < -0.3 is 14.5 Å². The summed E-state index contributed by atoms with van der Waals surface area (Å²) in [6.07, 6.45) is 2.19. The van der Waals surface area contributed by atoms with Gasteiger partial charge in [0, 0.05) is 56.8 Å². The number of likely N-dealkylation sites (tertiary alicyclic amines) is 2. The molecule has 44 heavy (non-hydrogen) atoms. The van der Waals surface area contributed by atoms with Crippen LogP contribution >= 0.6 is 0 Å². The van der Waals surface area contributed by atoms with Gasteiger partial charge in [-0.25, -0.2) is 17.5 Å². The molecule has 2 unspecified atom stereocenters. The molecular formula is C33H40N4O6S. The Morgan fingerprint density at radius 2 is 1.66 bits per heavy atom. The van der Waals surface area contributed by atoms with Crippen LogP contribution in [0.5, 0.6) is 0 Å². The van der Waals surface area contributed by atoms with Gasteiger partial charge in [0.1, 0.15) is 6.61 Å². The van der Waals surface area contributed by atoms with Crippen molar-refractivity contribution in [2.24, 2.45) is 5.92 Å². The summed E-state index contributed by atoms with van der Waals surface area (Å²) in [7, 11) is -1.98. The van der Waals surface area contributed by atoms with E-state index in [9.17, 15) is 23.3 Å². The topological polar surface area (TPSA) is 113 Å². The smallest absolute Gasteiger partial charge is 0.410 e. The minimum atomic E-state index is -3.63. The van der Waals surface area contributed by atoms with Gasteiger partial charge in [-0.15, -0.1) is 0 Å². The van der Waals surface area contributed by atoms with Crippen LogP contribution < -0.4 is 0 Å². The van der Waals surface area contributed by atoms with E-state index in [1.165, 1.54) is 16.4 Å². The van der Waals surface area contributed by atoms with Crippen LogP contribution in [-0.2, 0) is 26.8 Å². The lowest BCUT2D eigenvalue weighted by molar-refractivity contribution is -0.384. The molecule has 0 spiro atoms. The molecule has 2 fully saturated rings. The first kappa shape index (κ1) is 31.6. The number of piperidine rings is 1. The predicted octanol–water partition coefficient (Wildman–Crippen LogP) is 5.30. The van der Waals surface area contributed by atoms with Crippen molar-refractivity contribution >= 4 is 21.8 Å². The molecule has 2 heterocycles. The van der Waals surface area contributed by atoms with E-state index < -0.39 is 20.4 Å². The summed E-state index contributed by atoms with van der Waals surface area (Å²) in [5, 5.41) is 10.9. The van der Waals surface area contributed by atoms with Crippen LogP contribution in [0.4, 0.5) is 10.5 Å². The summed E-state index contributed by atoms with van der Waals surface area (Å²) in [5.74, 6) is 0.347. The van der Waals surface area contributed by atoms with Crippen LogP contribution in [0.15, 0.2) is 89.8 Å². The molecule has 1 amide bonds. The molecule has 5 rings (SSSR count). The minimum absolute atomic E-state index is 0.00235. The number of likely N-dealkylation sites (N-methyl/N-ethyl adjacent to an activating group) is 1. The van der Waals surface area contributed by atoms with Crippen LogP contribution in [-0.4, -0.2) is 79.4 Å². The van der Waals surface area contributed by atoms with E-state index in [1.54, 1.807) is 43.4 Å². The first-order valence-corrected chi connectivity index (χ1v) is 16.5. The largest absolute Gasteiger partial charge is 0.445 e. The molecule has 0 bridgehead atoms. The average Bonchev–Trinajstić information content (AvgIpc) is 3.47. The van der Waals surface area contributed by atoms with Gasteiger partial charge in [0.05, 0.1) is 9.82 Å². The molecule has 3 atom stereocenters. The number of non-ortho nitro benzene ring substituents is 1. The van der Waals surface area contributed by atoms with Gasteiger partial charge in [-0.3, -0.25) is 10.1 Å². The van der Waals surface area contributed by atoms with Crippen LogP contribution in [0, 0.1) is 16.0 Å². The fraction of sp³-hybridized carbons (Fsp3) is 0.424. The number of amides is 1. The zero-order chi connectivity index (χ0) is 31.3. The highest BCUT2D eigenvalue weighted by molar-refractivity contribution is 7.89. The third kappa shape index (κ3) is 7.11. The summed E-state index contributed by atoms with van der Waals surface area (Å²) in [4.78, 5) is 28.0. The zero-order valence-electron chi connectivity index (χ0n) is 25.2. The van der Waals surface area contributed by atoms with Gasteiger partial charge in [-0.05, 0) is 67.1 Å². The molecule has 3 aromatic carbocycles. The SMILES string of the molecule is CN(C[C@@](C)(CCN1CCC2C(CCN2C(=O)OCc2ccc([N+](=O)[O-])cc2)C1)c1ccccc1)S(=O)(=O)c1ccccc1. The molecule has 2 aliphatic rings. The number of carbonyl (C=O) groups excluding carboxylic acids is 1. The number of hydrogen-bond acceptors (Lipinski definition) is 7. The number of ether oxygens (including phenoxy) is 1. The first-order valence-electron chi connectivity index (χ1n) is 15.0. The molecular weight excluding hydrogens is 580 g/mol. The van der Waals surface area contributed by atoms with E-state index in [4.69, 9.17) is 4.74 Å². The number of nitro benzene ring substituents is 1. The van der Waals surface area contributed by atoms with Crippen molar-refractivity contribution in [3.8, 4) is 0 Å². The fourth-order valence-electron chi connectivity index (χ4n) is 6.54. The second-order valence-corrected chi connectivity index (χ2v) is 14.2. The van der Waals surface area contributed by atoms with Crippen molar-refractivity contribution in [2.45, 2.75) is 49.1 Å². The van der Waals surface area contributed by atoms with E-state index in [0.717, 1.165) is 44.5 Å². The molecule has 0 N–H and O–H groups in total. The third-order valence-electron chi connectivity index (χ3n) is 9.14. The Balaban J connectivity index is 1.18. The van der Waals surface area contributed by atoms with Gasteiger partial charge in [-0.2, -0.15) is 0 Å². The number of fused-ring (bicyclic) bond motifs is 1. The summed E-state index contributed by atoms with van der Waals surface area (Å²) in [5.41, 5.74) is 1.41. The van der Waals surface area contributed by atoms with Crippen molar-refractivity contribution in [3.05, 3.63) is 106 Å². The number of rotatable bonds is 11. The van der Waals surface area contributed by atoms with Crippen LogP contribution in [0.1, 0.15) is 37.3 Å². The van der Waals surface area contributed by atoms with E-state index in [-0.39, 0.29) is 29.3 Å². The summed E-state index contributed by atoms with van der Waals surface area (Å²) < 4.78 is 33.8. The van der Waals surface area contributed by atoms with Crippen molar-refractivity contribution in [3.63, 3.8) is 0 Å². The number of carbonyl (C=O) groups is 1. The fourth-order valence-corrected chi connectivity index (χ4v) is 7.86. The molecule has 2 aliphatic heterocycles. The van der Waals surface area contributed by atoms with E-state index in [1.807, 2.05) is 29.2 Å². The Kier molecular flexibility index (Phi) is 9.67. The van der Waals surface area contributed by atoms with E-state index in [2.05, 4.69) is 24.0 Å². The van der Waals surface area contributed by atoms with Gasteiger partial charge in [-0.1, -0.05) is 55.5 Å². The number of benzene rings is 3. The Hall–Kier alpha value is -3.80. The van der Waals surface area contributed by atoms with Crippen LogP contribution in [0.3, 0.4) is 0 Å². The van der Waals surface area contributed by atoms with Crippen molar-refractivity contribution in [1.82, 2.24) is 14.1 Å². The highest BCUT2D eigenvalue weighted by atomic mass is 32.2. The molecule has 0 saturated carbocycles. The van der Waals surface area contributed by atoms with Gasteiger partial charge in [0.2, 0.25) is 10.0 Å². The maximum atomic E-state index is 13.4. The Morgan fingerprint density at radius 3 is 2.32 bits per heavy atom. The number of hydrogen-bond donors (Lipinski definition) is 0. The predicted molar refractivity (Wildman–Crippen MR) is 168 cm³/mol. The molecule has 0 aromatic heterocycles. The van der Waals surface area contributed by atoms with Crippen molar-refractivity contribution < 1.29 is 22.9 Å². The second kappa shape index (κ2) is 13.5. The lowest BCUT2D eigenvalue weighted by atomic mass is 9.79. The van der Waals surface area contributed by atoms with Crippen molar-refractivity contribution in [1.29, 1.82) is 0 Å².